The topological polar surface area (TPSA) is 12.4 Å². The summed E-state index contributed by atoms with van der Waals surface area (Å²) >= 11 is 0. The third kappa shape index (κ3) is 5.59. The normalized spacial score (nSPS) is 14.5. The van der Waals surface area contributed by atoms with Gasteiger partial charge in [0.1, 0.15) is 0 Å². The molecule has 62 valence electrons. The van der Waals surface area contributed by atoms with Gasteiger partial charge in [0.05, 0.1) is 0 Å². The number of hydrogen-bond donors (Lipinski definition) is 0. The largest absolute Gasteiger partial charge is 0.262 e. The molecule has 0 fully saturated rings. The molecule has 0 amide bonds. The molecule has 1 heteroatoms. The van der Waals surface area contributed by atoms with Gasteiger partial charge in [0.25, 0.3) is 0 Å². The second kappa shape index (κ2) is 5.90. The molecule has 0 aliphatic heterocycles. The van der Waals surface area contributed by atoms with Gasteiger partial charge >= 0.3 is 0 Å². The minimum atomic E-state index is 1.05. The van der Waals surface area contributed by atoms with Crippen LogP contribution in [0.5, 0.6) is 0 Å². The first-order valence-corrected chi connectivity index (χ1v) is 4.04. The smallest absolute Gasteiger partial charge is 0.0332 e. The van der Waals surface area contributed by atoms with Crippen molar-refractivity contribution in [3.05, 3.63) is 23.4 Å². The number of rotatable bonds is 3. The Balaban J connectivity index is 4.03. The Kier molecular flexibility index (Phi) is 5.44. The van der Waals surface area contributed by atoms with Crippen LogP contribution in [0.3, 0.4) is 0 Å². The second-order valence-electron chi connectivity index (χ2n) is 2.54. The van der Waals surface area contributed by atoms with Crippen LogP contribution in [-0.4, -0.2) is 6.21 Å². The Morgan fingerprint density at radius 2 is 2.00 bits per heavy atom. The van der Waals surface area contributed by atoms with Crippen molar-refractivity contribution < 1.29 is 0 Å². The average Bonchev–Trinajstić information content (AvgIpc) is 2.01. The lowest BCUT2D eigenvalue weighted by atomic mass is 10.3. The van der Waals surface area contributed by atoms with Crippen molar-refractivity contribution in [1.29, 1.82) is 0 Å². The molecule has 0 saturated heterocycles. The number of nitrogens with zero attached hydrogens (tertiary/aromatic N) is 1. The minimum Gasteiger partial charge on any atom is -0.262 e. The highest BCUT2D eigenvalue weighted by atomic mass is 14.7. The molecule has 11 heavy (non-hydrogen) atoms. The van der Waals surface area contributed by atoms with Gasteiger partial charge in [0.2, 0.25) is 0 Å². The Hall–Kier alpha value is -0.850. The summed E-state index contributed by atoms with van der Waals surface area (Å²) in [5.41, 5.74) is 2.29. The first-order valence-electron chi connectivity index (χ1n) is 4.04. The van der Waals surface area contributed by atoms with Gasteiger partial charge in [-0.25, -0.2) is 0 Å². The van der Waals surface area contributed by atoms with Crippen LogP contribution in [0.2, 0.25) is 0 Å². The molecular formula is C10H17N. The highest BCUT2D eigenvalue weighted by Gasteiger charge is 1.80. The zero-order valence-corrected chi connectivity index (χ0v) is 7.89. The van der Waals surface area contributed by atoms with E-state index in [2.05, 4.69) is 18.0 Å². The summed E-state index contributed by atoms with van der Waals surface area (Å²) < 4.78 is 0. The third-order valence-corrected chi connectivity index (χ3v) is 1.43. The lowest BCUT2D eigenvalue weighted by Crippen LogP contribution is -1.77. The molecule has 0 heterocycles. The van der Waals surface area contributed by atoms with E-state index in [-0.39, 0.29) is 0 Å². The number of aliphatic imine (C=N–C) groups is 1. The summed E-state index contributed by atoms with van der Waals surface area (Å²) in [4.78, 5) is 4.25. The number of allylic oxidation sites excluding steroid dienone is 4. The van der Waals surface area contributed by atoms with E-state index < -0.39 is 0 Å². The van der Waals surface area contributed by atoms with Crippen LogP contribution in [0.1, 0.15) is 34.1 Å². The molecule has 0 unspecified atom stereocenters. The van der Waals surface area contributed by atoms with Crippen LogP contribution in [0.15, 0.2) is 28.4 Å². The van der Waals surface area contributed by atoms with Crippen LogP contribution >= 0.6 is 0 Å². The molecule has 0 rings (SSSR count). The SMILES string of the molecule is C\C=C(C)/C=N/C(C)=C/CC. The van der Waals surface area contributed by atoms with Crippen molar-refractivity contribution in [2.24, 2.45) is 4.99 Å². The predicted molar refractivity (Wildman–Crippen MR) is 52.0 cm³/mol. The van der Waals surface area contributed by atoms with Crippen LogP contribution in [0, 0.1) is 0 Å². The second-order valence-corrected chi connectivity index (χ2v) is 2.54. The molecule has 0 N–H and O–H groups in total. The molecule has 0 radical (unpaired) electrons. The van der Waals surface area contributed by atoms with E-state index in [1.165, 1.54) is 5.57 Å². The summed E-state index contributed by atoms with van der Waals surface area (Å²) in [5.74, 6) is 0. The highest BCUT2D eigenvalue weighted by molar-refractivity contribution is 5.78. The summed E-state index contributed by atoms with van der Waals surface area (Å²) in [6.45, 7) is 8.19. The van der Waals surface area contributed by atoms with E-state index in [0.29, 0.717) is 0 Å². The van der Waals surface area contributed by atoms with E-state index in [1.54, 1.807) is 0 Å². The maximum Gasteiger partial charge on any atom is 0.0332 e. The fraction of sp³-hybridized carbons (Fsp3) is 0.500. The Morgan fingerprint density at radius 3 is 2.45 bits per heavy atom. The highest BCUT2D eigenvalue weighted by Crippen LogP contribution is 1.97. The molecule has 0 aromatic rings. The van der Waals surface area contributed by atoms with E-state index in [1.807, 2.05) is 33.1 Å². The summed E-state index contributed by atoms with van der Waals surface area (Å²) in [6.07, 6.45) is 7.10. The lowest BCUT2D eigenvalue weighted by molar-refractivity contribution is 1.16. The molecule has 0 saturated carbocycles. The maximum absolute atomic E-state index is 4.25. The maximum atomic E-state index is 4.25. The van der Waals surface area contributed by atoms with Gasteiger partial charge in [-0.05, 0) is 32.8 Å². The molecule has 0 aromatic carbocycles. The zero-order valence-electron chi connectivity index (χ0n) is 7.89. The van der Waals surface area contributed by atoms with Crippen LogP contribution in [-0.2, 0) is 0 Å². The zero-order chi connectivity index (χ0) is 8.69. The van der Waals surface area contributed by atoms with Crippen molar-refractivity contribution in [3.63, 3.8) is 0 Å². The summed E-state index contributed by atoms with van der Waals surface area (Å²) in [5, 5.41) is 0. The van der Waals surface area contributed by atoms with Crippen molar-refractivity contribution >= 4 is 6.21 Å². The molecule has 1 nitrogen and oxygen atoms in total. The molecule has 0 aliphatic carbocycles. The van der Waals surface area contributed by atoms with Gasteiger partial charge in [0, 0.05) is 11.9 Å². The quantitative estimate of drug-likeness (QED) is 0.548. The standard InChI is InChI=1S/C10H17N/c1-5-7-10(4)11-8-9(3)6-2/h6-8H,5H2,1-4H3/b9-6-,10-7+,11-8+. The van der Waals surface area contributed by atoms with Crippen molar-refractivity contribution in [1.82, 2.24) is 0 Å². The molecular weight excluding hydrogens is 134 g/mol. The Morgan fingerprint density at radius 1 is 1.36 bits per heavy atom. The van der Waals surface area contributed by atoms with Crippen LogP contribution < -0.4 is 0 Å². The van der Waals surface area contributed by atoms with E-state index >= 15 is 0 Å². The van der Waals surface area contributed by atoms with Crippen molar-refractivity contribution in [2.45, 2.75) is 34.1 Å². The first kappa shape index (κ1) is 10.2. The summed E-state index contributed by atoms with van der Waals surface area (Å²) in [7, 11) is 0. The monoisotopic (exact) mass is 151 g/mol. The molecule has 0 aromatic heterocycles. The van der Waals surface area contributed by atoms with Crippen LogP contribution in [0.25, 0.3) is 0 Å². The van der Waals surface area contributed by atoms with Gasteiger partial charge < -0.3 is 0 Å². The van der Waals surface area contributed by atoms with E-state index in [4.69, 9.17) is 0 Å². The van der Waals surface area contributed by atoms with Crippen LogP contribution in [0.4, 0.5) is 0 Å². The summed E-state index contributed by atoms with van der Waals surface area (Å²) in [6, 6.07) is 0. The average molecular weight is 151 g/mol. The van der Waals surface area contributed by atoms with Gasteiger partial charge in [-0.15, -0.1) is 0 Å². The van der Waals surface area contributed by atoms with Gasteiger partial charge in [-0.1, -0.05) is 19.1 Å². The van der Waals surface area contributed by atoms with Gasteiger partial charge in [-0.3, -0.25) is 4.99 Å². The molecule has 0 aliphatic rings. The first-order chi connectivity index (χ1) is 5.20. The molecule has 0 atom stereocenters. The van der Waals surface area contributed by atoms with Crippen molar-refractivity contribution in [2.75, 3.05) is 0 Å². The van der Waals surface area contributed by atoms with E-state index in [0.717, 1.165) is 12.1 Å². The fourth-order valence-corrected chi connectivity index (χ4v) is 0.626. The Labute approximate surface area is 69.5 Å². The van der Waals surface area contributed by atoms with Gasteiger partial charge in [0.15, 0.2) is 0 Å². The number of hydrogen-bond acceptors (Lipinski definition) is 1. The Bertz CT molecular complexity index is 185. The fourth-order valence-electron chi connectivity index (χ4n) is 0.626. The van der Waals surface area contributed by atoms with Gasteiger partial charge in [-0.2, -0.15) is 0 Å². The third-order valence-electron chi connectivity index (χ3n) is 1.43. The predicted octanol–water partition coefficient (Wildman–Crippen LogP) is 3.34. The van der Waals surface area contributed by atoms with Crippen molar-refractivity contribution in [3.8, 4) is 0 Å². The lowest BCUT2D eigenvalue weighted by Gasteiger charge is -1.90. The van der Waals surface area contributed by atoms with E-state index in [9.17, 15) is 0 Å². The molecule has 0 bridgehead atoms. The molecule has 0 spiro atoms. The minimum absolute atomic E-state index is 1.05.